The maximum absolute atomic E-state index is 13.9. The van der Waals surface area contributed by atoms with Crippen LogP contribution in [0.15, 0.2) is 28.8 Å². The number of halogens is 2. The maximum atomic E-state index is 13.9. The minimum absolute atomic E-state index is 0.174. The van der Waals surface area contributed by atoms with E-state index in [2.05, 4.69) is 10.5 Å². The van der Waals surface area contributed by atoms with Gasteiger partial charge in [0.25, 0.3) is 0 Å². The molecule has 2 fully saturated rings. The maximum Gasteiger partial charge on any atom is 0.248 e. The van der Waals surface area contributed by atoms with E-state index in [9.17, 15) is 24.1 Å². The zero-order valence-corrected chi connectivity index (χ0v) is 16.2. The molecule has 0 spiro atoms. The highest BCUT2D eigenvalue weighted by Crippen LogP contribution is 2.46. The van der Waals surface area contributed by atoms with Gasteiger partial charge in [-0.25, -0.2) is 8.78 Å². The van der Waals surface area contributed by atoms with Crippen LogP contribution in [0.2, 0.25) is 0 Å². The number of benzene rings is 1. The molecule has 8 heteroatoms. The molecular weight excluding hydrogens is 390 g/mol. The molecule has 0 saturated heterocycles. The monoisotopic (exact) mass is 410 g/mol. The molecule has 30 heavy (non-hydrogen) atoms. The number of hydrogen-bond donors (Lipinski definition) is 1. The van der Waals surface area contributed by atoms with Crippen LogP contribution in [-0.4, -0.2) is 17.0 Å². The lowest BCUT2D eigenvalue weighted by Gasteiger charge is -2.23. The van der Waals surface area contributed by atoms with Crippen LogP contribution in [0.5, 0.6) is 0 Å². The zero-order chi connectivity index (χ0) is 21.3. The van der Waals surface area contributed by atoms with Crippen molar-refractivity contribution in [1.29, 1.82) is 10.5 Å². The van der Waals surface area contributed by atoms with E-state index in [1.54, 1.807) is 6.07 Å². The number of aromatic nitrogens is 1. The summed E-state index contributed by atoms with van der Waals surface area (Å²) in [5.74, 6) is -4.39. The predicted molar refractivity (Wildman–Crippen MR) is 103 cm³/mol. The van der Waals surface area contributed by atoms with E-state index in [1.165, 1.54) is 18.2 Å². The Bertz CT molecular complexity index is 1010. The molecule has 2 unspecified atom stereocenters. The number of nitrogens with zero attached hydrogens (tertiary/aromatic N) is 3. The van der Waals surface area contributed by atoms with Crippen molar-refractivity contribution >= 4 is 11.8 Å². The molecule has 0 bridgehead atoms. The van der Waals surface area contributed by atoms with Gasteiger partial charge in [0.05, 0.1) is 34.9 Å². The Labute approximate surface area is 172 Å². The molecule has 1 N–H and O–H groups in total. The van der Waals surface area contributed by atoms with Crippen LogP contribution in [0.1, 0.15) is 72.7 Å². The summed E-state index contributed by atoms with van der Waals surface area (Å²) in [6, 6.07) is 9.98. The van der Waals surface area contributed by atoms with Crippen molar-refractivity contribution in [3.63, 3.8) is 0 Å². The molecule has 2 aliphatic rings. The highest BCUT2D eigenvalue weighted by Gasteiger charge is 2.45. The number of nitrogens with one attached hydrogen (secondary N) is 1. The number of hydrogen-bond acceptors (Lipinski definition) is 5. The summed E-state index contributed by atoms with van der Waals surface area (Å²) in [6.07, 6.45) is 2.64. The van der Waals surface area contributed by atoms with Crippen molar-refractivity contribution in [3.8, 4) is 12.1 Å². The van der Waals surface area contributed by atoms with Crippen LogP contribution in [0.25, 0.3) is 0 Å². The molecule has 1 aromatic carbocycles. The lowest BCUT2D eigenvalue weighted by Crippen LogP contribution is -2.27. The Balaban J connectivity index is 1.63. The minimum atomic E-state index is -2.84. The topological polar surface area (TPSA) is 103 Å². The lowest BCUT2D eigenvalue weighted by molar-refractivity contribution is -0.119. The fraction of sp³-hybridized carbons (Fsp3) is 0.455. The molecule has 2 saturated carbocycles. The Morgan fingerprint density at radius 3 is 2.40 bits per heavy atom. The third-order valence-corrected chi connectivity index (χ3v) is 6.07. The number of nitriles is 2. The number of carbonyl (C=O) groups is 1. The Kier molecular flexibility index (Phi) is 5.26. The van der Waals surface area contributed by atoms with Gasteiger partial charge in [-0.2, -0.15) is 10.5 Å². The number of amides is 1. The standard InChI is InChI=1S/C22H20F2N4O2/c23-22(24)5-4-16(10-22)20(17-7-13(11-25)6-14(8-17)12-26)21(29)27-19-9-18(28-30-19)15-2-1-3-15/h6-9,15-16,20H,1-5,10H2,(H,27,29). The summed E-state index contributed by atoms with van der Waals surface area (Å²) in [5, 5.41) is 25.2. The molecule has 1 heterocycles. The fourth-order valence-corrected chi connectivity index (χ4v) is 4.31. The van der Waals surface area contributed by atoms with Crippen molar-refractivity contribution in [2.45, 2.75) is 56.3 Å². The van der Waals surface area contributed by atoms with Crippen molar-refractivity contribution in [1.82, 2.24) is 5.16 Å². The van der Waals surface area contributed by atoms with Crippen molar-refractivity contribution in [2.75, 3.05) is 5.32 Å². The fourth-order valence-electron chi connectivity index (χ4n) is 4.31. The molecule has 2 atom stereocenters. The van der Waals surface area contributed by atoms with E-state index in [0.29, 0.717) is 11.5 Å². The van der Waals surface area contributed by atoms with Crippen LogP contribution in [0, 0.1) is 28.6 Å². The summed E-state index contributed by atoms with van der Waals surface area (Å²) >= 11 is 0. The average Bonchev–Trinajstić information content (AvgIpc) is 3.26. The molecular formula is C22H20F2N4O2. The first-order chi connectivity index (χ1) is 14.4. The Hall–Kier alpha value is -3.26. The SMILES string of the molecule is N#Cc1cc(C#N)cc(C(C(=O)Nc2cc(C3CCC3)no2)C2CCC(F)(F)C2)c1. The summed E-state index contributed by atoms with van der Waals surface area (Å²) < 4.78 is 33.1. The van der Waals surface area contributed by atoms with E-state index in [0.717, 1.165) is 25.0 Å². The first-order valence-electron chi connectivity index (χ1n) is 9.99. The van der Waals surface area contributed by atoms with E-state index in [1.807, 2.05) is 12.1 Å². The predicted octanol–water partition coefficient (Wildman–Crippen LogP) is 4.84. The van der Waals surface area contributed by atoms with Gasteiger partial charge in [0, 0.05) is 24.8 Å². The van der Waals surface area contributed by atoms with Crippen LogP contribution in [0.4, 0.5) is 14.7 Å². The van der Waals surface area contributed by atoms with Crippen LogP contribution in [0.3, 0.4) is 0 Å². The van der Waals surface area contributed by atoms with Gasteiger partial charge in [0.1, 0.15) is 0 Å². The summed E-state index contributed by atoms with van der Waals surface area (Å²) in [7, 11) is 0. The number of anilines is 1. The van der Waals surface area contributed by atoms with Crippen LogP contribution >= 0.6 is 0 Å². The second-order valence-corrected chi connectivity index (χ2v) is 8.14. The van der Waals surface area contributed by atoms with Crippen molar-refractivity contribution < 1.29 is 18.1 Å². The molecule has 1 amide bonds. The molecule has 0 aliphatic heterocycles. The minimum Gasteiger partial charge on any atom is -0.338 e. The second-order valence-electron chi connectivity index (χ2n) is 8.14. The van der Waals surface area contributed by atoms with Gasteiger partial charge in [-0.3, -0.25) is 10.1 Å². The van der Waals surface area contributed by atoms with Crippen molar-refractivity contribution in [3.05, 3.63) is 46.6 Å². The molecule has 4 rings (SSSR count). The average molecular weight is 410 g/mol. The van der Waals surface area contributed by atoms with Gasteiger partial charge < -0.3 is 4.52 Å². The van der Waals surface area contributed by atoms with Crippen LogP contribution in [-0.2, 0) is 4.79 Å². The Morgan fingerprint density at radius 1 is 1.17 bits per heavy atom. The lowest BCUT2D eigenvalue weighted by atomic mass is 9.82. The van der Waals surface area contributed by atoms with Gasteiger partial charge in [0.2, 0.25) is 17.7 Å². The normalized spacial score (nSPS) is 21.3. The summed E-state index contributed by atoms with van der Waals surface area (Å²) in [6.45, 7) is 0. The van der Waals surface area contributed by atoms with Gasteiger partial charge in [0.15, 0.2) is 0 Å². The Morgan fingerprint density at radius 2 is 1.87 bits per heavy atom. The molecule has 6 nitrogen and oxygen atoms in total. The van der Waals surface area contributed by atoms with Gasteiger partial charge >= 0.3 is 0 Å². The third kappa shape index (κ3) is 4.04. The van der Waals surface area contributed by atoms with Gasteiger partial charge in [-0.1, -0.05) is 11.6 Å². The third-order valence-electron chi connectivity index (χ3n) is 6.07. The number of carbonyl (C=O) groups excluding carboxylic acids is 1. The zero-order valence-electron chi connectivity index (χ0n) is 16.2. The van der Waals surface area contributed by atoms with Gasteiger partial charge in [-0.05, 0) is 48.9 Å². The first kappa shape index (κ1) is 20.0. The summed E-state index contributed by atoms with van der Waals surface area (Å²) in [5.41, 5.74) is 1.57. The molecule has 0 radical (unpaired) electrons. The van der Waals surface area contributed by atoms with Gasteiger partial charge in [-0.15, -0.1) is 0 Å². The van der Waals surface area contributed by atoms with Crippen LogP contribution < -0.4 is 5.32 Å². The molecule has 2 aliphatic carbocycles. The molecule has 154 valence electrons. The smallest absolute Gasteiger partial charge is 0.248 e. The second kappa shape index (κ2) is 7.87. The van der Waals surface area contributed by atoms with E-state index < -0.39 is 30.1 Å². The first-order valence-corrected chi connectivity index (χ1v) is 9.99. The van der Waals surface area contributed by atoms with Crippen molar-refractivity contribution in [2.24, 2.45) is 5.92 Å². The molecule has 1 aromatic heterocycles. The highest BCUT2D eigenvalue weighted by atomic mass is 19.3. The largest absolute Gasteiger partial charge is 0.338 e. The van der Waals surface area contributed by atoms with E-state index >= 15 is 0 Å². The molecule has 2 aromatic rings. The highest BCUT2D eigenvalue weighted by molar-refractivity contribution is 5.95. The number of alkyl halides is 2. The van der Waals surface area contributed by atoms with E-state index in [4.69, 9.17) is 4.52 Å². The summed E-state index contributed by atoms with van der Waals surface area (Å²) in [4.78, 5) is 13.2. The van der Waals surface area contributed by atoms with E-state index in [-0.39, 0.29) is 29.9 Å². The number of rotatable bonds is 5. The quantitative estimate of drug-likeness (QED) is 0.759.